The average Bonchev–Trinajstić information content (AvgIpc) is 2.76. The van der Waals surface area contributed by atoms with Gasteiger partial charge in [0, 0.05) is 32.2 Å². The molecular weight excluding hydrogens is 424 g/mol. The van der Waals surface area contributed by atoms with Gasteiger partial charge in [-0.2, -0.15) is 4.31 Å². The van der Waals surface area contributed by atoms with Crippen molar-refractivity contribution >= 4 is 27.3 Å². The Morgan fingerprint density at radius 2 is 1.70 bits per heavy atom. The summed E-state index contributed by atoms with van der Waals surface area (Å²) in [5.41, 5.74) is 0.995. The molecule has 0 spiro atoms. The molecule has 1 saturated heterocycles. The zero-order valence-electron chi connectivity index (χ0n) is 17.5. The van der Waals surface area contributed by atoms with Gasteiger partial charge in [-0.1, -0.05) is 37.1 Å². The van der Waals surface area contributed by atoms with Gasteiger partial charge in [-0.3, -0.25) is 0 Å². The SMILES string of the molecule is CCCCOc1cc(S(=O)(=O)N2CCN(c3ccccc3OCC)CC2)ccc1Cl. The van der Waals surface area contributed by atoms with Crippen molar-refractivity contribution in [3.63, 3.8) is 0 Å². The number of unbranched alkanes of at least 4 members (excludes halogenated alkanes) is 1. The molecule has 0 aliphatic carbocycles. The molecule has 0 atom stereocenters. The van der Waals surface area contributed by atoms with Crippen molar-refractivity contribution in [3.8, 4) is 11.5 Å². The largest absolute Gasteiger partial charge is 0.492 e. The van der Waals surface area contributed by atoms with E-state index in [1.165, 1.54) is 10.4 Å². The highest BCUT2D eigenvalue weighted by Crippen LogP contribution is 2.32. The van der Waals surface area contributed by atoms with E-state index in [4.69, 9.17) is 21.1 Å². The van der Waals surface area contributed by atoms with E-state index in [0.29, 0.717) is 50.2 Å². The number of rotatable bonds is 9. The number of para-hydroxylation sites is 2. The van der Waals surface area contributed by atoms with E-state index in [9.17, 15) is 8.42 Å². The molecule has 6 nitrogen and oxygen atoms in total. The molecule has 1 aliphatic heterocycles. The molecule has 1 fully saturated rings. The molecule has 0 unspecified atom stereocenters. The first kappa shape index (κ1) is 22.7. The lowest BCUT2D eigenvalue weighted by atomic mass is 10.2. The Morgan fingerprint density at radius 3 is 2.40 bits per heavy atom. The molecule has 0 bridgehead atoms. The van der Waals surface area contributed by atoms with Crippen LogP contribution in [-0.2, 0) is 10.0 Å². The summed E-state index contributed by atoms with van der Waals surface area (Å²) in [5, 5.41) is 0.419. The first-order valence-corrected chi connectivity index (χ1v) is 12.2. The third kappa shape index (κ3) is 5.20. The van der Waals surface area contributed by atoms with Crippen LogP contribution in [0.5, 0.6) is 11.5 Å². The van der Waals surface area contributed by atoms with Gasteiger partial charge in [0.2, 0.25) is 10.0 Å². The van der Waals surface area contributed by atoms with Crippen LogP contribution in [0.25, 0.3) is 0 Å². The summed E-state index contributed by atoms with van der Waals surface area (Å²) < 4.78 is 39.3. The second-order valence-electron chi connectivity index (χ2n) is 7.09. The number of halogens is 1. The van der Waals surface area contributed by atoms with Crippen molar-refractivity contribution < 1.29 is 17.9 Å². The highest BCUT2D eigenvalue weighted by molar-refractivity contribution is 7.89. The van der Waals surface area contributed by atoms with Crippen LogP contribution in [0.1, 0.15) is 26.7 Å². The number of hydrogen-bond acceptors (Lipinski definition) is 5. The Morgan fingerprint density at radius 1 is 0.967 bits per heavy atom. The molecular formula is C22H29ClN2O4S. The van der Waals surface area contributed by atoms with Crippen molar-refractivity contribution in [1.29, 1.82) is 0 Å². The van der Waals surface area contributed by atoms with Crippen molar-refractivity contribution in [2.45, 2.75) is 31.6 Å². The summed E-state index contributed by atoms with van der Waals surface area (Å²) in [4.78, 5) is 2.37. The fraction of sp³-hybridized carbons (Fsp3) is 0.455. The van der Waals surface area contributed by atoms with Gasteiger partial charge in [-0.25, -0.2) is 8.42 Å². The summed E-state index contributed by atoms with van der Waals surface area (Å²) in [5.74, 6) is 1.23. The van der Waals surface area contributed by atoms with Crippen LogP contribution >= 0.6 is 11.6 Å². The van der Waals surface area contributed by atoms with Crippen LogP contribution in [0.15, 0.2) is 47.4 Å². The van der Waals surface area contributed by atoms with Crippen molar-refractivity contribution in [2.75, 3.05) is 44.3 Å². The molecule has 164 valence electrons. The van der Waals surface area contributed by atoms with Crippen LogP contribution in [0.2, 0.25) is 5.02 Å². The highest BCUT2D eigenvalue weighted by atomic mass is 35.5. The van der Waals surface area contributed by atoms with Crippen molar-refractivity contribution in [2.24, 2.45) is 0 Å². The molecule has 0 amide bonds. The van der Waals surface area contributed by atoms with Gasteiger partial charge < -0.3 is 14.4 Å². The third-order valence-corrected chi connectivity index (χ3v) is 7.25. The number of hydrogen-bond donors (Lipinski definition) is 0. The maximum Gasteiger partial charge on any atom is 0.243 e. The monoisotopic (exact) mass is 452 g/mol. The first-order valence-electron chi connectivity index (χ1n) is 10.4. The molecule has 3 rings (SSSR count). The van der Waals surface area contributed by atoms with Crippen molar-refractivity contribution in [1.82, 2.24) is 4.31 Å². The number of anilines is 1. The Labute approximate surface area is 184 Å². The van der Waals surface area contributed by atoms with Gasteiger partial charge in [0.05, 0.1) is 28.8 Å². The lowest BCUT2D eigenvalue weighted by molar-refractivity contribution is 0.308. The Bertz CT molecular complexity index is 944. The van der Waals surface area contributed by atoms with E-state index < -0.39 is 10.0 Å². The number of ether oxygens (including phenoxy) is 2. The highest BCUT2D eigenvalue weighted by Gasteiger charge is 2.30. The Kier molecular flexibility index (Phi) is 7.86. The molecule has 0 radical (unpaired) electrons. The van der Waals surface area contributed by atoms with E-state index in [0.717, 1.165) is 24.3 Å². The van der Waals surface area contributed by atoms with Gasteiger partial charge >= 0.3 is 0 Å². The van der Waals surface area contributed by atoms with Crippen LogP contribution < -0.4 is 14.4 Å². The van der Waals surface area contributed by atoms with Gasteiger partial charge in [-0.05, 0) is 37.6 Å². The maximum atomic E-state index is 13.2. The topological polar surface area (TPSA) is 59.1 Å². The maximum absolute atomic E-state index is 13.2. The molecule has 1 aliphatic rings. The minimum Gasteiger partial charge on any atom is -0.492 e. The fourth-order valence-corrected chi connectivity index (χ4v) is 5.01. The second kappa shape index (κ2) is 10.4. The smallest absolute Gasteiger partial charge is 0.243 e. The van der Waals surface area contributed by atoms with Crippen LogP contribution in [0.4, 0.5) is 5.69 Å². The standard InChI is InChI=1S/C22H29ClN2O4S/c1-3-5-16-29-22-17-18(10-11-19(22)23)30(26,27)25-14-12-24(13-15-25)20-8-6-7-9-21(20)28-4-2/h6-11,17H,3-5,12-16H2,1-2H3. The summed E-state index contributed by atoms with van der Waals surface area (Å²) in [6.45, 7) is 7.11. The van der Waals surface area contributed by atoms with Gasteiger partial charge in [0.15, 0.2) is 0 Å². The normalized spacial score (nSPS) is 15.2. The predicted molar refractivity (Wildman–Crippen MR) is 120 cm³/mol. The minimum absolute atomic E-state index is 0.210. The minimum atomic E-state index is -3.62. The second-order valence-corrected chi connectivity index (χ2v) is 9.43. The third-order valence-electron chi connectivity index (χ3n) is 5.04. The molecule has 0 aromatic heterocycles. The van der Waals surface area contributed by atoms with Crippen molar-refractivity contribution in [3.05, 3.63) is 47.5 Å². The van der Waals surface area contributed by atoms with E-state index in [1.807, 2.05) is 31.2 Å². The lowest BCUT2D eigenvalue weighted by Crippen LogP contribution is -2.48. The molecule has 2 aromatic rings. The Balaban J connectivity index is 1.71. The fourth-order valence-electron chi connectivity index (χ4n) is 3.40. The zero-order valence-corrected chi connectivity index (χ0v) is 19.1. The molecule has 0 N–H and O–H groups in total. The summed E-state index contributed by atoms with van der Waals surface area (Å²) in [6.07, 6.45) is 1.88. The van der Waals surface area contributed by atoms with Crippen LogP contribution in [-0.4, -0.2) is 52.1 Å². The summed E-state index contributed by atoms with van der Waals surface area (Å²) >= 11 is 6.19. The molecule has 30 heavy (non-hydrogen) atoms. The average molecular weight is 453 g/mol. The number of piperazine rings is 1. The quantitative estimate of drug-likeness (QED) is 0.527. The van der Waals surface area contributed by atoms with E-state index in [2.05, 4.69) is 11.8 Å². The zero-order chi connectivity index (χ0) is 21.6. The van der Waals surface area contributed by atoms with E-state index in [-0.39, 0.29) is 4.90 Å². The molecule has 2 aromatic carbocycles. The number of nitrogens with zero attached hydrogens (tertiary/aromatic N) is 2. The van der Waals surface area contributed by atoms with Gasteiger partial charge in [0.25, 0.3) is 0 Å². The first-order chi connectivity index (χ1) is 14.5. The predicted octanol–water partition coefficient (Wildman–Crippen LogP) is 4.43. The molecule has 8 heteroatoms. The van der Waals surface area contributed by atoms with Gasteiger partial charge in [-0.15, -0.1) is 0 Å². The van der Waals surface area contributed by atoms with E-state index >= 15 is 0 Å². The lowest BCUT2D eigenvalue weighted by Gasteiger charge is -2.36. The summed E-state index contributed by atoms with van der Waals surface area (Å²) in [6, 6.07) is 12.5. The number of sulfonamides is 1. The van der Waals surface area contributed by atoms with Crippen LogP contribution in [0, 0.1) is 0 Å². The van der Waals surface area contributed by atoms with Gasteiger partial charge in [0.1, 0.15) is 11.5 Å². The molecule has 0 saturated carbocycles. The number of benzene rings is 2. The Hall–Kier alpha value is -1.96. The molecule has 1 heterocycles. The van der Waals surface area contributed by atoms with Crippen LogP contribution in [0.3, 0.4) is 0 Å². The van der Waals surface area contributed by atoms with E-state index in [1.54, 1.807) is 12.1 Å². The summed E-state index contributed by atoms with van der Waals surface area (Å²) in [7, 11) is -3.62.